The van der Waals surface area contributed by atoms with Crippen molar-refractivity contribution in [2.24, 2.45) is 11.7 Å². The first kappa shape index (κ1) is 18.7. The molecule has 1 aliphatic heterocycles. The molecule has 2 unspecified atom stereocenters. The minimum Gasteiger partial charge on any atom is -0.368 e. The van der Waals surface area contributed by atoms with Crippen molar-refractivity contribution in [3.63, 3.8) is 0 Å². The minimum atomic E-state index is -0.751. The van der Waals surface area contributed by atoms with Gasteiger partial charge in [0.05, 0.1) is 11.4 Å². The van der Waals surface area contributed by atoms with Gasteiger partial charge in [-0.3, -0.25) is 4.79 Å². The predicted molar refractivity (Wildman–Crippen MR) is 94.8 cm³/mol. The summed E-state index contributed by atoms with van der Waals surface area (Å²) >= 11 is 3.28. The fraction of sp³-hybridized carbons (Fsp3) is 0.529. The van der Waals surface area contributed by atoms with Crippen LogP contribution >= 0.6 is 15.9 Å². The molecule has 1 aliphatic rings. The Morgan fingerprint density at radius 3 is 2.75 bits per heavy atom. The molecule has 7 heteroatoms. The Bertz CT molecular complexity index is 680. The number of nitrogens with two attached hydrogens (primary N) is 1. The Balaban J connectivity index is 2.18. The van der Waals surface area contributed by atoms with Crippen LogP contribution in [0.1, 0.15) is 39.2 Å². The summed E-state index contributed by atoms with van der Waals surface area (Å²) in [5.74, 6) is -0.740. The van der Waals surface area contributed by atoms with E-state index in [1.165, 1.54) is 6.07 Å². The van der Waals surface area contributed by atoms with Gasteiger partial charge in [-0.1, -0.05) is 15.9 Å². The molecular formula is C17H22BrFN4O. The molecule has 0 saturated carbocycles. The van der Waals surface area contributed by atoms with Crippen LogP contribution in [-0.4, -0.2) is 24.2 Å². The van der Waals surface area contributed by atoms with Gasteiger partial charge in [-0.2, -0.15) is 5.26 Å². The van der Waals surface area contributed by atoms with Crippen molar-refractivity contribution in [1.29, 1.82) is 5.26 Å². The number of hydrogen-bond donors (Lipinski definition) is 2. The molecule has 1 amide bonds. The summed E-state index contributed by atoms with van der Waals surface area (Å²) in [5.41, 5.74) is 5.69. The third-order valence-electron chi connectivity index (χ3n) is 4.15. The Labute approximate surface area is 150 Å². The van der Waals surface area contributed by atoms with E-state index in [0.29, 0.717) is 29.5 Å². The van der Waals surface area contributed by atoms with E-state index in [2.05, 4.69) is 21.2 Å². The van der Waals surface area contributed by atoms with Crippen molar-refractivity contribution in [1.82, 2.24) is 5.32 Å². The van der Waals surface area contributed by atoms with Crippen LogP contribution in [0.4, 0.5) is 10.1 Å². The van der Waals surface area contributed by atoms with Crippen molar-refractivity contribution < 1.29 is 9.18 Å². The highest BCUT2D eigenvalue weighted by Gasteiger charge is 2.32. The van der Waals surface area contributed by atoms with Gasteiger partial charge in [0.1, 0.15) is 17.4 Å². The van der Waals surface area contributed by atoms with E-state index in [4.69, 9.17) is 5.73 Å². The molecule has 1 heterocycles. The van der Waals surface area contributed by atoms with Gasteiger partial charge in [-0.05, 0) is 45.7 Å². The molecule has 2 atom stereocenters. The van der Waals surface area contributed by atoms with Gasteiger partial charge in [0, 0.05) is 23.0 Å². The van der Waals surface area contributed by atoms with Crippen LogP contribution in [0, 0.1) is 23.1 Å². The van der Waals surface area contributed by atoms with Gasteiger partial charge >= 0.3 is 0 Å². The number of nitrogens with one attached hydrogen (secondary N) is 1. The fourth-order valence-corrected chi connectivity index (χ4v) is 3.50. The summed E-state index contributed by atoms with van der Waals surface area (Å²) in [5, 5.41) is 12.1. The second kappa shape index (κ2) is 7.08. The number of nitrogens with zero attached hydrogens (tertiary/aromatic N) is 2. The number of nitriles is 1. The van der Waals surface area contributed by atoms with Crippen molar-refractivity contribution in [3.8, 4) is 6.07 Å². The number of carbonyl (C=O) groups excluding carboxylic acids is 1. The number of rotatable bonds is 3. The molecular weight excluding hydrogens is 375 g/mol. The van der Waals surface area contributed by atoms with E-state index in [1.807, 2.05) is 17.9 Å². The smallest absolute Gasteiger partial charge is 0.224 e. The number of hydrogen-bond acceptors (Lipinski definition) is 4. The molecule has 0 bridgehead atoms. The average Bonchev–Trinajstić information content (AvgIpc) is 2.44. The SMILES string of the molecule is CC1CC(C(=O)NC(C)(C)N)CCN1c1cc(Br)cc(F)c1C#N. The quantitative estimate of drug-likeness (QED) is 0.769. The minimum absolute atomic E-state index is 0.0104. The molecule has 130 valence electrons. The summed E-state index contributed by atoms with van der Waals surface area (Å²) in [7, 11) is 0. The van der Waals surface area contributed by atoms with Crippen LogP contribution in [0.5, 0.6) is 0 Å². The second-order valence-electron chi connectivity index (χ2n) is 6.87. The molecule has 5 nitrogen and oxygen atoms in total. The summed E-state index contributed by atoms with van der Waals surface area (Å²) in [4.78, 5) is 14.3. The fourth-order valence-electron chi connectivity index (χ4n) is 3.08. The Kier molecular flexibility index (Phi) is 5.51. The molecule has 1 aromatic rings. The molecule has 0 spiro atoms. The van der Waals surface area contributed by atoms with Crippen molar-refractivity contribution in [2.45, 2.75) is 45.3 Å². The maximum Gasteiger partial charge on any atom is 0.224 e. The van der Waals surface area contributed by atoms with Gasteiger partial charge in [0.2, 0.25) is 5.91 Å². The number of halogens is 2. The van der Waals surface area contributed by atoms with Crippen LogP contribution in [0.2, 0.25) is 0 Å². The van der Waals surface area contributed by atoms with E-state index in [1.54, 1.807) is 19.9 Å². The van der Waals surface area contributed by atoms with Crippen LogP contribution < -0.4 is 16.0 Å². The Morgan fingerprint density at radius 1 is 1.54 bits per heavy atom. The second-order valence-corrected chi connectivity index (χ2v) is 7.78. The van der Waals surface area contributed by atoms with E-state index in [-0.39, 0.29) is 23.4 Å². The van der Waals surface area contributed by atoms with E-state index < -0.39 is 11.5 Å². The number of amides is 1. The molecule has 3 N–H and O–H groups in total. The van der Waals surface area contributed by atoms with Crippen LogP contribution in [0.25, 0.3) is 0 Å². The lowest BCUT2D eigenvalue weighted by atomic mass is 9.89. The van der Waals surface area contributed by atoms with E-state index in [9.17, 15) is 14.4 Å². The molecule has 1 saturated heterocycles. The zero-order valence-corrected chi connectivity index (χ0v) is 15.7. The molecule has 0 radical (unpaired) electrons. The van der Waals surface area contributed by atoms with Crippen LogP contribution in [-0.2, 0) is 4.79 Å². The van der Waals surface area contributed by atoms with Crippen LogP contribution in [0.3, 0.4) is 0 Å². The number of carbonyl (C=O) groups is 1. The number of benzene rings is 1. The summed E-state index contributed by atoms with van der Waals surface area (Å²) in [6, 6.07) is 4.99. The molecule has 24 heavy (non-hydrogen) atoms. The largest absolute Gasteiger partial charge is 0.368 e. The number of piperidine rings is 1. The Hall–Kier alpha value is -1.65. The highest BCUT2D eigenvalue weighted by atomic mass is 79.9. The lowest BCUT2D eigenvalue weighted by Gasteiger charge is -2.40. The first-order chi connectivity index (χ1) is 11.1. The maximum atomic E-state index is 14.0. The van der Waals surface area contributed by atoms with Gasteiger partial charge in [-0.25, -0.2) is 4.39 Å². The van der Waals surface area contributed by atoms with E-state index >= 15 is 0 Å². The molecule has 2 rings (SSSR count). The number of anilines is 1. The van der Waals surface area contributed by atoms with Gasteiger partial charge in [0.15, 0.2) is 0 Å². The lowest BCUT2D eigenvalue weighted by Crippen LogP contribution is -2.54. The highest BCUT2D eigenvalue weighted by Crippen LogP contribution is 2.33. The third kappa shape index (κ3) is 4.25. The highest BCUT2D eigenvalue weighted by molar-refractivity contribution is 9.10. The van der Waals surface area contributed by atoms with Crippen molar-refractivity contribution in [3.05, 3.63) is 28.0 Å². The monoisotopic (exact) mass is 396 g/mol. The normalized spacial score (nSPS) is 21.3. The van der Waals surface area contributed by atoms with Gasteiger partial charge in [-0.15, -0.1) is 0 Å². The van der Waals surface area contributed by atoms with Crippen molar-refractivity contribution in [2.75, 3.05) is 11.4 Å². The zero-order valence-electron chi connectivity index (χ0n) is 14.1. The molecule has 1 aromatic carbocycles. The maximum absolute atomic E-state index is 14.0. The Morgan fingerprint density at radius 2 is 2.21 bits per heavy atom. The van der Waals surface area contributed by atoms with Gasteiger partial charge < -0.3 is 16.0 Å². The van der Waals surface area contributed by atoms with Crippen LogP contribution in [0.15, 0.2) is 16.6 Å². The van der Waals surface area contributed by atoms with E-state index in [0.717, 1.165) is 0 Å². The van der Waals surface area contributed by atoms with Crippen molar-refractivity contribution >= 4 is 27.5 Å². The first-order valence-electron chi connectivity index (χ1n) is 7.89. The third-order valence-corrected chi connectivity index (χ3v) is 4.61. The van der Waals surface area contributed by atoms with Gasteiger partial charge in [0.25, 0.3) is 0 Å². The summed E-state index contributed by atoms with van der Waals surface area (Å²) in [6.45, 7) is 6.04. The molecule has 0 aromatic heterocycles. The lowest BCUT2D eigenvalue weighted by molar-refractivity contribution is -0.127. The average molecular weight is 397 g/mol. The topological polar surface area (TPSA) is 82.2 Å². The zero-order chi connectivity index (χ0) is 18.1. The molecule has 0 aliphatic carbocycles. The standard InChI is InChI=1S/C17H22BrFN4O/c1-10-6-11(16(24)22-17(2,3)21)4-5-23(10)15-8-12(18)7-14(19)13(15)9-20/h7-8,10-11H,4-6,21H2,1-3H3,(H,22,24). The molecule has 1 fully saturated rings. The summed E-state index contributed by atoms with van der Waals surface area (Å²) in [6.07, 6.45) is 1.26. The predicted octanol–water partition coefficient (Wildman–Crippen LogP) is 2.88. The summed E-state index contributed by atoms with van der Waals surface area (Å²) < 4.78 is 14.6. The first-order valence-corrected chi connectivity index (χ1v) is 8.68.